The highest BCUT2D eigenvalue weighted by Crippen LogP contribution is 2.23. The van der Waals surface area contributed by atoms with Gasteiger partial charge in [0.2, 0.25) is 0 Å². The number of carbonyl (C=O) groups is 1. The van der Waals surface area contributed by atoms with Crippen molar-refractivity contribution >= 4 is 5.91 Å². The van der Waals surface area contributed by atoms with Gasteiger partial charge in [0.25, 0.3) is 5.91 Å². The second-order valence-electron chi connectivity index (χ2n) is 4.48. The van der Waals surface area contributed by atoms with Crippen molar-refractivity contribution in [1.82, 2.24) is 9.63 Å². The van der Waals surface area contributed by atoms with E-state index in [0.717, 1.165) is 10.6 Å². The summed E-state index contributed by atoms with van der Waals surface area (Å²) in [6.07, 6.45) is 0. The number of hydrogen-bond donors (Lipinski definition) is 0. The normalized spacial score (nSPS) is 12.2. The van der Waals surface area contributed by atoms with Gasteiger partial charge in [-0.25, -0.2) is 5.06 Å². The lowest BCUT2D eigenvalue weighted by atomic mass is 10.1. The van der Waals surface area contributed by atoms with Crippen LogP contribution >= 0.6 is 0 Å². The predicted molar refractivity (Wildman–Crippen MR) is 73.7 cm³/mol. The van der Waals surface area contributed by atoms with Crippen LogP contribution in [0, 0.1) is 5.95 Å². The summed E-state index contributed by atoms with van der Waals surface area (Å²) < 4.78 is 15.4. The fourth-order valence-electron chi connectivity index (χ4n) is 2.12. The highest BCUT2D eigenvalue weighted by Gasteiger charge is 2.22. The number of hydroxylamine groups is 2. The van der Waals surface area contributed by atoms with E-state index in [1.54, 1.807) is 0 Å². The lowest BCUT2D eigenvalue weighted by Crippen LogP contribution is -2.29. The first-order valence-corrected chi connectivity index (χ1v) is 6.30. The Hall–Kier alpha value is -2.14. The fourth-order valence-corrected chi connectivity index (χ4v) is 2.12. The van der Waals surface area contributed by atoms with E-state index >= 15 is 0 Å². The zero-order valence-corrected chi connectivity index (χ0v) is 11.7. The Morgan fingerprint density at radius 1 is 1.25 bits per heavy atom. The van der Waals surface area contributed by atoms with Crippen LogP contribution in [0.3, 0.4) is 0 Å². The first-order valence-electron chi connectivity index (χ1n) is 6.30. The van der Waals surface area contributed by atoms with E-state index in [1.807, 2.05) is 37.3 Å². The smallest absolute Gasteiger partial charge is 0.293 e. The van der Waals surface area contributed by atoms with Gasteiger partial charge in [-0.15, -0.1) is 0 Å². The number of halogens is 1. The Morgan fingerprint density at radius 3 is 2.50 bits per heavy atom. The van der Waals surface area contributed by atoms with E-state index in [2.05, 4.69) is 0 Å². The van der Waals surface area contributed by atoms with Gasteiger partial charge < -0.3 is 4.57 Å². The lowest BCUT2D eigenvalue weighted by Gasteiger charge is -2.20. The molecule has 0 N–H and O–H groups in total. The topological polar surface area (TPSA) is 34.5 Å². The van der Waals surface area contributed by atoms with E-state index in [-0.39, 0.29) is 17.6 Å². The second kappa shape index (κ2) is 5.88. The molecular weight excluding hydrogens is 259 g/mol. The summed E-state index contributed by atoms with van der Waals surface area (Å²) in [7, 11) is 2.88. The third-order valence-electron chi connectivity index (χ3n) is 3.32. The maximum atomic E-state index is 14.0. The van der Waals surface area contributed by atoms with Gasteiger partial charge in [-0.3, -0.25) is 9.63 Å². The molecule has 1 aromatic heterocycles. The third kappa shape index (κ3) is 2.58. The molecule has 0 aliphatic heterocycles. The molecule has 0 saturated carbocycles. The Bertz CT molecular complexity index is 595. The van der Waals surface area contributed by atoms with Gasteiger partial charge in [-0.1, -0.05) is 30.3 Å². The molecule has 2 rings (SSSR count). The van der Waals surface area contributed by atoms with Crippen molar-refractivity contribution in [1.29, 1.82) is 0 Å². The molecule has 2 aromatic rings. The predicted octanol–water partition coefficient (Wildman–Crippen LogP) is 2.87. The molecule has 0 aliphatic rings. The Balaban J connectivity index is 2.42. The van der Waals surface area contributed by atoms with Crippen LogP contribution in [-0.4, -0.2) is 29.7 Å². The molecule has 20 heavy (non-hydrogen) atoms. The van der Waals surface area contributed by atoms with Crippen molar-refractivity contribution in [2.45, 2.75) is 13.0 Å². The zero-order chi connectivity index (χ0) is 14.7. The average Bonchev–Trinajstić information content (AvgIpc) is 2.87. The highest BCUT2D eigenvalue weighted by atomic mass is 19.1. The van der Waals surface area contributed by atoms with Crippen molar-refractivity contribution in [3.05, 3.63) is 59.7 Å². The van der Waals surface area contributed by atoms with Gasteiger partial charge in [0, 0.05) is 7.05 Å². The summed E-state index contributed by atoms with van der Waals surface area (Å²) >= 11 is 0. The minimum absolute atomic E-state index is 0.253. The highest BCUT2D eigenvalue weighted by molar-refractivity contribution is 5.92. The number of amides is 1. The molecule has 1 amide bonds. The molecule has 0 aliphatic carbocycles. The number of benzene rings is 1. The van der Waals surface area contributed by atoms with Gasteiger partial charge in [0.05, 0.1) is 13.2 Å². The molecule has 0 bridgehead atoms. The summed E-state index contributed by atoms with van der Waals surface area (Å²) in [5.41, 5.74) is 1.18. The van der Waals surface area contributed by atoms with E-state index in [9.17, 15) is 9.18 Å². The molecule has 0 unspecified atom stereocenters. The van der Waals surface area contributed by atoms with Gasteiger partial charge >= 0.3 is 0 Å². The third-order valence-corrected chi connectivity index (χ3v) is 3.32. The molecule has 5 heteroatoms. The molecule has 106 valence electrons. The van der Waals surface area contributed by atoms with Crippen LogP contribution in [0.1, 0.15) is 29.0 Å². The first-order chi connectivity index (χ1) is 9.56. The Labute approximate surface area is 117 Å². The van der Waals surface area contributed by atoms with Crippen LogP contribution in [0.2, 0.25) is 0 Å². The van der Waals surface area contributed by atoms with Crippen molar-refractivity contribution < 1.29 is 14.0 Å². The van der Waals surface area contributed by atoms with Crippen molar-refractivity contribution in [2.24, 2.45) is 0 Å². The number of rotatable bonds is 4. The minimum Gasteiger partial charge on any atom is -0.306 e. The molecule has 1 heterocycles. The van der Waals surface area contributed by atoms with Gasteiger partial charge in [-0.05, 0) is 24.6 Å². The van der Waals surface area contributed by atoms with E-state index in [0.29, 0.717) is 0 Å². The zero-order valence-electron chi connectivity index (χ0n) is 11.7. The Morgan fingerprint density at radius 2 is 1.90 bits per heavy atom. The SMILES string of the molecule is CON(C)C(=O)c1ccc(F)n1[C@H](C)c1ccccc1. The minimum atomic E-state index is -0.450. The maximum absolute atomic E-state index is 14.0. The largest absolute Gasteiger partial charge is 0.306 e. The number of carbonyl (C=O) groups excluding carboxylic acids is 1. The van der Waals surface area contributed by atoms with Crippen LogP contribution < -0.4 is 0 Å². The van der Waals surface area contributed by atoms with Gasteiger partial charge in [-0.2, -0.15) is 4.39 Å². The van der Waals surface area contributed by atoms with Crippen molar-refractivity contribution in [2.75, 3.05) is 14.2 Å². The quantitative estimate of drug-likeness (QED) is 0.805. The number of hydrogen-bond acceptors (Lipinski definition) is 2. The molecule has 0 fully saturated rings. The van der Waals surface area contributed by atoms with E-state index in [1.165, 1.54) is 30.9 Å². The first kappa shape index (κ1) is 14.3. The Kier molecular flexibility index (Phi) is 4.20. The molecule has 0 saturated heterocycles. The monoisotopic (exact) mass is 276 g/mol. The fraction of sp³-hybridized carbons (Fsp3) is 0.267. The molecule has 1 aromatic carbocycles. The van der Waals surface area contributed by atoms with E-state index in [4.69, 9.17) is 4.84 Å². The molecular formula is C15H17FN2O2. The summed E-state index contributed by atoms with van der Waals surface area (Å²) in [6, 6.07) is 11.9. The second-order valence-corrected chi connectivity index (χ2v) is 4.48. The molecule has 1 atom stereocenters. The molecule has 4 nitrogen and oxygen atoms in total. The summed E-state index contributed by atoms with van der Waals surface area (Å²) in [6.45, 7) is 1.85. The molecule has 0 spiro atoms. The van der Waals surface area contributed by atoms with Gasteiger partial charge in [0.1, 0.15) is 5.69 Å². The maximum Gasteiger partial charge on any atom is 0.293 e. The number of aromatic nitrogens is 1. The standard InChI is InChI=1S/C15H17FN2O2/c1-11(12-7-5-4-6-8-12)18-13(9-10-14(18)16)15(19)17(2)20-3/h4-11H,1-3H3/t11-/m1/s1. The van der Waals surface area contributed by atoms with Crippen LogP contribution in [-0.2, 0) is 4.84 Å². The van der Waals surface area contributed by atoms with Crippen molar-refractivity contribution in [3.8, 4) is 0 Å². The van der Waals surface area contributed by atoms with Crippen molar-refractivity contribution in [3.63, 3.8) is 0 Å². The summed E-state index contributed by atoms with van der Waals surface area (Å²) in [5, 5.41) is 1.07. The summed E-state index contributed by atoms with van der Waals surface area (Å²) in [5.74, 6) is -0.839. The molecule has 0 radical (unpaired) electrons. The summed E-state index contributed by atoms with van der Waals surface area (Å²) in [4.78, 5) is 17.0. The van der Waals surface area contributed by atoms with Crippen LogP contribution in [0.25, 0.3) is 0 Å². The average molecular weight is 276 g/mol. The number of nitrogens with zero attached hydrogens (tertiary/aromatic N) is 2. The lowest BCUT2D eigenvalue weighted by molar-refractivity contribution is -0.0764. The van der Waals surface area contributed by atoms with Crippen LogP contribution in [0.4, 0.5) is 4.39 Å². The van der Waals surface area contributed by atoms with Crippen LogP contribution in [0.5, 0.6) is 0 Å². The van der Waals surface area contributed by atoms with Gasteiger partial charge in [0.15, 0.2) is 5.95 Å². The van der Waals surface area contributed by atoms with E-state index < -0.39 is 5.95 Å². The van der Waals surface area contributed by atoms with Crippen LogP contribution in [0.15, 0.2) is 42.5 Å².